The second kappa shape index (κ2) is 5.19. The van der Waals surface area contributed by atoms with Gasteiger partial charge in [0.05, 0.1) is 6.07 Å². The predicted octanol–water partition coefficient (Wildman–Crippen LogP) is -0.0629. The molecule has 1 aliphatic rings. The van der Waals surface area contributed by atoms with E-state index in [1.54, 1.807) is 0 Å². The van der Waals surface area contributed by atoms with Crippen LogP contribution in [-0.2, 0) is 9.59 Å². The summed E-state index contributed by atoms with van der Waals surface area (Å²) >= 11 is 0. The van der Waals surface area contributed by atoms with Gasteiger partial charge in [-0.05, 0) is 12.8 Å². The summed E-state index contributed by atoms with van der Waals surface area (Å²) in [5.74, 6) is -3.65. The second-order valence-electron chi connectivity index (χ2n) is 3.09. The number of carbonyl (C=O) groups is 2. The zero-order chi connectivity index (χ0) is 11.2. The van der Waals surface area contributed by atoms with Crippen molar-refractivity contribution in [2.45, 2.75) is 31.2 Å². The number of hydrogen-bond acceptors (Lipinski definition) is 4. The Balaban J connectivity index is 0.000000255. The van der Waals surface area contributed by atoms with Crippen LogP contribution in [0.5, 0.6) is 0 Å². The van der Waals surface area contributed by atoms with Crippen LogP contribution in [0, 0.1) is 11.3 Å². The Morgan fingerprint density at radius 1 is 1.21 bits per heavy atom. The molecule has 0 bridgehead atoms. The van der Waals surface area contributed by atoms with Crippen molar-refractivity contribution in [2.24, 2.45) is 5.73 Å². The highest BCUT2D eigenvalue weighted by Crippen LogP contribution is 2.25. The molecule has 0 spiro atoms. The monoisotopic (exact) mass is 200 g/mol. The Labute approximate surface area is 80.9 Å². The normalized spacial score (nSPS) is 17.4. The van der Waals surface area contributed by atoms with Crippen LogP contribution in [0.2, 0.25) is 0 Å². The van der Waals surface area contributed by atoms with E-state index in [1.807, 2.05) is 0 Å². The fourth-order valence-electron chi connectivity index (χ4n) is 1.12. The van der Waals surface area contributed by atoms with Crippen LogP contribution in [0.3, 0.4) is 0 Å². The largest absolute Gasteiger partial charge is 0.473 e. The maximum atomic E-state index is 9.10. The van der Waals surface area contributed by atoms with Gasteiger partial charge in [-0.1, -0.05) is 12.8 Å². The molecule has 4 N–H and O–H groups in total. The third kappa shape index (κ3) is 4.42. The Hall–Kier alpha value is -1.61. The van der Waals surface area contributed by atoms with Gasteiger partial charge in [0, 0.05) is 0 Å². The minimum atomic E-state index is -1.82. The summed E-state index contributed by atoms with van der Waals surface area (Å²) < 4.78 is 0. The van der Waals surface area contributed by atoms with Crippen molar-refractivity contribution in [2.75, 3.05) is 0 Å². The van der Waals surface area contributed by atoms with Gasteiger partial charge in [-0.25, -0.2) is 9.59 Å². The third-order valence-electron chi connectivity index (χ3n) is 1.90. The van der Waals surface area contributed by atoms with Gasteiger partial charge in [-0.3, -0.25) is 0 Å². The van der Waals surface area contributed by atoms with Gasteiger partial charge < -0.3 is 15.9 Å². The summed E-state index contributed by atoms with van der Waals surface area (Å²) in [6.45, 7) is 0. The molecule has 0 radical (unpaired) electrons. The van der Waals surface area contributed by atoms with E-state index < -0.39 is 17.5 Å². The molecule has 0 aromatic rings. The second-order valence-corrected chi connectivity index (χ2v) is 3.09. The molecule has 0 saturated heterocycles. The fourth-order valence-corrected chi connectivity index (χ4v) is 1.12. The highest BCUT2D eigenvalue weighted by atomic mass is 16.4. The molecule has 0 unspecified atom stereocenters. The molecule has 0 atom stereocenters. The standard InChI is InChI=1S/C6H10N2.C2H2O4/c7-5-6(8)3-1-2-4-6;3-1(4)2(5)6/h1-4,8H2;(H,3,4)(H,5,6). The quantitative estimate of drug-likeness (QED) is 0.470. The van der Waals surface area contributed by atoms with Crippen LogP contribution in [0.1, 0.15) is 25.7 Å². The Morgan fingerprint density at radius 3 is 1.71 bits per heavy atom. The molecule has 1 fully saturated rings. The van der Waals surface area contributed by atoms with Crippen molar-refractivity contribution in [1.29, 1.82) is 5.26 Å². The molecule has 0 aromatic carbocycles. The predicted molar refractivity (Wildman–Crippen MR) is 46.3 cm³/mol. The molecule has 1 rings (SSSR count). The zero-order valence-electron chi connectivity index (χ0n) is 7.56. The molecule has 0 amide bonds. The van der Waals surface area contributed by atoms with E-state index in [0.717, 1.165) is 25.7 Å². The molecule has 78 valence electrons. The van der Waals surface area contributed by atoms with Crippen LogP contribution in [0.25, 0.3) is 0 Å². The lowest BCUT2D eigenvalue weighted by atomic mass is 10.0. The SMILES string of the molecule is N#CC1(N)CCCC1.O=C(O)C(=O)O. The van der Waals surface area contributed by atoms with Crippen LogP contribution < -0.4 is 5.73 Å². The summed E-state index contributed by atoms with van der Waals surface area (Å²) in [5.41, 5.74) is 5.14. The highest BCUT2D eigenvalue weighted by Gasteiger charge is 2.28. The lowest BCUT2D eigenvalue weighted by Crippen LogP contribution is -2.33. The van der Waals surface area contributed by atoms with Crippen LogP contribution in [-0.4, -0.2) is 27.7 Å². The summed E-state index contributed by atoms with van der Waals surface area (Å²) in [6.07, 6.45) is 4.04. The van der Waals surface area contributed by atoms with Crippen molar-refractivity contribution < 1.29 is 19.8 Å². The van der Waals surface area contributed by atoms with E-state index in [4.69, 9.17) is 30.8 Å². The van der Waals surface area contributed by atoms with Gasteiger partial charge in [-0.15, -0.1) is 0 Å². The summed E-state index contributed by atoms with van der Waals surface area (Å²) in [4.78, 5) is 18.2. The minimum absolute atomic E-state index is 0.458. The minimum Gasteiger partial charge on any atom is -0.473 e. The number of nitriles is 1. The lowest BCUT2D eigenvalue weighted by molar-refractivity contribution is -0.159. The number of nitrogens with zero attached hydrogens (tertiary/aromatic N) is 1. The van der Waals surface area contributed by atoms with Gasteiger partial charge >= 0.3 is 11.9 Å². The molecule has 14 heavy (non-hydrogen) atoms. The third-order valence-corrected chi connectivity index (χ3v) is 1.90. The molecule has 0 aromatic heterocycles. The Kier molecular flexibility index (Phi) is 4.59. The Morgan fingerprint density at radius 2 is 1.57 bits per heavy atom. The Bertz CT molecular complexity index is 251. The number of rotatable bonds is 0. The highest BCUT2D eigenvalue weighted by molar-refractivity contribution is 6.27. The maximum Gasteiger partial charge on any atom is 0.414 e. The van der Waals surface area contributed by atoms with E-state index in [2.05, 4.69) is 6.07 Å². The van der Waals surface area contributed by atoms with E-state index in [9.17, 15) is 0 Å². The van der Waals surface area contributed by atoms with Crippen molar-refractivity contribution in [1.82, 2.24) is 0 Å². The van der Waals surface area contributed by atoms with E-state index in [1.165, 1.54) is 0 Å². The summed E-state index contributed by atoms with van der Waals surface area (Å²) in [5, 5.41) is 23.2. The number of hydrogen-bond donors (Lipinski definition) is 3. The van der Waals surface area contributed by atoms with Gasteiger partial charge in [-0.2, -0.15) is 5.26 Å². The average Bonchev–Trinajstić information content (AvgIpc) is 2.54. The molecule has 6 heteroatoms. The van der Waals surface area contributed by atoms with Gasteiger partial charge in [0.15, 0.2) is 0 Å². The van der Waals surface area contributed by atoms with Gasteiger partial charge in [0.25, 0.3) is 0 Å². The first kappa shape index (κ1) is 12.4. The van der Waals surface area contributed by atoms with Crippen LogP contribution in [0.4, 0.5) is 0 Å². The first-order chi connectivity index (χ1) is 6.41. The number of carboxylic acid groups (broad SMARTS) is 2. The van der Waals surface area contributed by atoms with Crippen molar-refractivity contribution >= 4 is 11.9 Å². The molecule has 1 saturated carbocycles. The topological polar surface area (TPSA) is 124 Å². The first-order valence-electron chi connectivity index (χ1n) is 4.07. The molecular formula is C8H12N2O4. The average molecular weight is 200 g/mol. The maximum absolute atomic E-state index is 9.10. The molecule has 6 nitrogen and oxygen atoms in total. The van der Waals surface area contributed by atoms with Crippen LogP contribution >= 0.6 is 0 Å². The molecule has 0 heterocycles. The number of carboxylic acids is 2. The van der Waals surface area contributed by atoms with E-state index >= 15 is 0 Å². The van der Waals surface area contributed by atoms with Crippen molar-refractivity contribution in [3.63, 3.8) is 0 Å². The summed E-state index contributed by atoms with van der Waals surface area (Å²) in [7, 11) is 0. The molecule has 0 aliphatic heterocycles. The molecular weight excluding hydrogens is 188 g/mol. The smallest absolute Gasteiger partial charge is 0.414 e. The zero-order valence-corrected chi connectivity index (χ0v) is 7.56. The first-order valence-corrected chi connectivity index (χ1v) is 4.07. The van der Waals surface area contributed by atoms with Crippen molar-refractivity contribution in [3.05, 3.63) is 0 Å². The number of aliphatic carboxylic acids is 2. The lowest BCUT2D eigenvalue weighted by Gasteiger charge is -2.10. The van der Waals surface area contributed by atoms with E-state index in [0.29, 0.717) is 0 Å². The fraction of sp³-hybridized carbons (Fsp3) is 0.625. The van der Waals surface area contributed by atoms with Gasteiger partial charge in [0.1, 0.15) is 5.54 Å². The van der Waals surface area contributed by atoms with Crippen LogP contribution in [0.15, 0.2) is 0 Å². The molecule has 1 aliphatic carbocycles. The van der Waals surface area contributed by atoms with E-state index in [-0.39, 0.29) is 0 Å². The van der Waals surface area contributed by atoms with Gasteiger partial charge in [0.2, 0.25) is 0 Å². The van der Waals surface area contributed by atoms with Crippen molar-refractivity contribution in [3.8, 4) is 6.07 Å². The summed E-state index contributed by atoms with van der Waals surface area (Å²) in [6, 6.07) is 2.12. The number of nitrogens with two attached hydrogens (primary N) is 1.